The molecule has 2 aromatic heterocycles. The van der Waals surface area contributed by atoms with E-state index in [-0.39, 0.29) is 22.5 Å². The molecule has 0 aliphatic carbocycles. The Morgan fingerprint density at radius 3 is 1.16 bits per heavy atom. The van der Waals surface area contributed by atoms with Gasteiger partial charge in [0.25, 0.3) is 0 Å². The van der Waals surface area contributed by atoms with Gasteiger partial charge in [-0.3, -0.25) is 0 Å². The van der Waals surface area contributed by atoms with Crippen molar-refractivity contribution in [3.05, 3.63) is 190 Å². The van der Waals surface area contributed by atoms with Gasteiger partial charge in [0, 0.05) is 21.5 Å². The van der Waals surface area contributed by atoms with Gasteiger partial charge in [0.05, 0.1) is 39.0 Å². The van der Waals surface area contributed by atoms with E-state index in [2.05, 4.69) is 54.6 Å². The van der Waals surface area contributed by atoms with E-state index in [4.69, 9.17) is 0 Å². The molecule has 0 saturated carbocycles. The van der Waals surface area contributed by atoms with E-state index in [9.17, 15) is 9.65 Å². The van der Waals surface area contributed by atoms with Crippen molar-refractivity contribution >= 4 is 43.6 Å². The maximum atomic E-state index is 16.0. The van der Waals surface area contributed by atoms with Crippen molar-refractivity contribution < 1.29 is 22.0 Å². The van der Waals surface area contributed by atoms with Crippen LogP contribution in [0.4, 0.5) is 22.0 Å². The average Bonchev–Trinajstić information content (AvgIpc) is 3.76. The maximum absolute atomic E-state index is 16.0. The second kappa shape index (κ2) is 14.1. The van der Waals surface area contributed by atoms with Crippen molar-refractivity contribution in [1.82, 2.24) is 9.13 Å². The highest BCUT2D eigenvalue weighted by atomic mass is 19.2. The first-order valence-electron chi connectivity index (χ1n) is 19.8. The lowest BCUT2D eigenvalue weighted by molar-refractivity contribution is 0.381. The third kappa shape index (κ3) is 5.91. The lowest BCUT2D eigenvalue weighted by atomic mass is 9.98. The molecule has 8 heteroatoms. The van der Waals surface area contributed by atoms with Gasteiger partial charge in [-0.2, -0.15) is 5.26 Å². The van der Waals surface area contributed by atoms with Crippen molar-refractivity contribution in [2.45, 2.75) is 27.7 Å². The number of fused-ring (bicyclic) bond motifs is 6. The summed E-state index contributed by atoms with van der Waals surface area (Å²) < 4.78 is 80.2. The molecule has 0 spiro atoms. The van der Waals surface area contributed by atoms with Crippen molar-refractivity contribution in [2.75, 3.05) is 0 Å². The second-order valence-corrected chi connectivity index (χ2v) is 15.9. The van der Waals surface area contributed by atoms with Gasteiger partial charge in [-0.1, -0.05) is 107 Å². The summed E-state index contributed by atoms with van der Waals surface area (Å²) in [5, 5.41) is 14.6. The molecular weight excluding hydrogens is 774 g/mol. The first-order chi connectivity index (χ1) is 29.4. The fourth-order valence-electron chi connectivity index (χ4n) is 9.19. The van der Waals surface area contributed by atoms with Crippen LogP contribution in [0.15, 0.2) is 133 Å². The van der Waals surface area contributed by atoms with Crippen LogP contribution in [0.25, 0.3) is 88.4 Å². The Balaban J connectivity index is 1.33. The molecule has 0 unspecified atom stereocenters. The minimum atomic E-state index is -2.25. The molecule has 10 aromatic rings. The molecule has 0 amide bonds. The van der Waals surface area contributed by atoms with E-state index in [0.717, 1.165) is 66.1 Å². The van der Waals surface area contributed by atoms with E-state index >= 15 is 17.6 Å². The van der Waals surface area contributed by atoms with E-state index < -0.39 is 34.6 Å². The molecule has 0 saturated heterocycles. The molecule has 0 fully saturated rings. The Kier molecular flexibility index (Phi) is 8.70. The van der Waals surface area contributed by atoms with Crippen LogP contribution in [0.2, 0.25) is 0 Å². The van der Waals surface area contributed by atoms with E-state index in [1.807, 2.05) is 110 Å². The number of rotatable bonds is 5. The van der Waals surface area contributed by atoms with Gasteiger partial charge in [-0.15, -0.1) is 0 Å². The van der Waals surface area contributed by atoms with Gasteiger partial charge in [0.1, 0.15) is 11.6 Å². The number of hydrogen-bond donors (Lipinski definition) is 0. The van der Waals surface area contributed by atoms with Crippen molar-refractivity contribution in [1.29, 1.82) is 5.26 Å². The Hall–Kier alpha value is -7.50. The first kappa shape index (κ1) is 37.7. The van der Waals surface area contributed by atoms with Crippen LogP contribution in [0.1, 0.15) is 27.8 Å². The molecule has 0 N–H and O–H groups in total. The molecular formula is C53H34F5N3. The molecule has 10 rings (SSSR count). The lowest BCUT2D eigenvalue weighted by Crippen LogP contribution is -2.08. The Labute approximate surface area is 347 Å². The Bertz CT molecular complexity index is 3290. The first-order valence-corrected chi connectivity index (χ1v) is 19.8. The van der Waals surface area contributed by atoms with Gasteiger partial charge in [-0.05, 0) is 104 Å². The molecule has 0 aliphatic heterocycles. The van der Waals surface area contributed by atoms with Gasteiger partial charge >= 0.3 is 0 Å². The molecule has 8 aromatic carbocycles. The predicted molar refractivity (Wildman–Crippen MR) is 235 cm³/mol. The van der Waals surface area contributed by atoms with Gasteiger partial charge in [0.2, 0.25) is 5.82 Å². The smallest absolute Gasteiger partial charge is 0.200 e. The average molecular weight is 808 g/mol. The number of nitriles is 1. The molecule has 61 heavy (non-hydrogen) atoms. The number of aromatic nitrogens is 2. The fourth-order valence-corrected chi connectivity index (χ4v) is 9.19. The number of para-hydroxylation sites is 2. The normalized spacial score (nSPS) is 11.7. The molecule has 0 atom stereocenters. The number of halogens is 5. The summed E-state index contributed by atoms with van der Waals surface area (Å²) in [6, 6.07) is 44.9. The van der Waals surface area contributed by atoms with Crippen LogP contribution in [0, 0.1) is 68.1 Å². The highest BCUT2D eigenvalue weighted by Gasteiger charge is 2.30. The highest BCUT2D eigenvalue weighted by Crippen LogP contribution is 2.43. The third-order valence-electron chi connectivity index (χ3n) is 11.6. The second-order valence-electron chi connectivity index (χ2n) is 15.9. The molecule has 296 valence electrons. The van der Waals surface area contributed by atoms with Crippen LogP contribution in [0.5, 0.6) is 0 Å². The predicted octanol–water partition coefficient (Wildman–Crippen LogP) is 14.7. The summed E-state index contributed by atoms with van der Waals surface area (Å²) in [4.78, 5) is 0. The number of aryl methyl sites for hydroxylation is 4. The number of benzene rings is 8. The van der Waals surface area contributed by atoms with Crippen molar-refractivity contribution in [3.63, 3.8) is 0 Å². The SMILES string of the molecule is Cc1cc(C)cc(-c2ccc3c(c2)c2ccccc2n3-c2cc(-c3c(F)c(F)c(F)c(F)c3F)cc(-n3c4ccccc4c4cc(-c5cc(C)cc(C)c5)ccc43)c2C#N)c1. The topological polar surface area (TPSA) is 33.6 Å². The fraction of sp³-hybridized carbons (Fsp3) is 0.0755. The molecule has 2 heterocycles. The molecule has 0 aliphatic rings. The van der Waals surface area contributed by atoms with Crippen LogP contribution in [-0.4, -0.2) is 9.13 Å². The zero-order chi connectivity index (χ0) is 42.4. The van der Waals surface area contributed by atoms with Crippen LogP contribution < -0.4 is 0 Å². The molecule has 0 radical (unpaired) electrons. The minimum Gasteiger partial charge on any atom is -0.308 e. The summed E-state index contributed by atoms with van der Waals surface area (Å²) in [5.74, 6) is -10.3. The summed E-state index contributed by atoms with van der Waals surface area (Å²) >= 11 is 0. The van der Waals surface area contributed by atoms with Crippen LogP contribution >= 0.6 is 0 Å². The standard InChI is InChI=1S/C53H34F5N3/c1-28-17-29(2)20-34(19-28)32-13-15-44-39(23-32)37-9-5-7-11-42(37)60(44)46-25-36(48-49(54)51(56)53(58)52(57)50(48)55)26-47(41(46)27-59)61-43-12-8-6-10-38(43)40-24-33(14-16-45(40)61)35-21-30(3)18-31(4)22-35/h5-26H,1-4H3. The van der Waals surface area contributed by atoms with E-state index in [0.29, 0.717) is 22.1 Å². The minimum absolute atomic E-state index is 0.120. The summed E-state index contributed by atoms with van der Waals surface area (Å²) in [5.41, 5.74) is 10.2. The van der Waals surface area contributed by atoms with Gasteiger partial charge < -0.3 is 9.13 Å². The summed E-state index contributed by atoms with van der Waals surface area (Å²) in [6.45, 7) is 8.17. The zero-order valence-electron chi connectivity index (χ0n) is 33.4. The quantitative estimate of drug-likeness (QED) is 0.0969. The van der Waals surface area contributed by atoms with E-state index in [1.165, 1.54) is 12.1 Å². The third-order valence-corrected chi connectivity index (χ3v) is 11.6. The van der Waals surface area contributed by atoms with Crippen LogP contribution in [-0.2, 0) is 0 Å². The molecule has 3 nitrogen and oxygen atoms in total. The van der Waals surface area contributed by atoms with Crippen molar-refractivity contribution in [2.24, 2.45) is 0 Å². The summed E-state index contributed by atoms with van der Waals surface area (Å²) in [6.07, 6.45) is 0. The van der Waals surface area contributed by atoms with Gasteiger partial charge in [0.15, 0.2) is 23.3 Å². The molecule has 0 bridgehead atoms. The number of nitrogens with zero attached hydrogens (tertiary/aromatic N) is 3. The highest BCUT2D eigenvalue weighted by molar-refractivity contribution is 6.12. The summed E-state index contributed by atoms with van der Waals surface area (Å²) in [7, 11) is 0. The van der Waals surface area contributed by atoms with Crippen molar-refractivity contribution in [3.8, 4) is 50.8 Å². The van der Waals surface area contributed by atoms with Gasteiger partial charge in [-0.25, -0.2) is 22.0 Å². The Morgan fingerprint density at radius 1 is 0.377 bits per heavy atom. The number of hydrogen-bond acceptors (Lipinski definition) is 1. The van der Waals surface area contributed by atoms with Crippen LogP contribution in [0.3, 0.4) is 0 Å². The maximum Gasteiger partial charge on any atom is 0.200 e. The van der Waals surface area contributed by atoms with E-state index in [1.54, 1.807) is 0 Å². The zero-order valence-corrected chi connectivity index (χ0v) is 33.4. The largest absolute Gasteiger partial charge is 0.308 e. The lowest BCUT2D eigenvalue weighted by Gasteiger charge is -2.19. The Morgan fingerprint density at radius 2 is 0.754 bits per heavy atom. The monoisotopic (exact) mass is 807 g/mol.